The third-order valence-electron chi connectivity index (χ3n) is 2.70. The summed E-state index contributed by atoms with van der Waals surface area (Å²) >= 11 is 0. The minimum atomic E-state index is -0.411. The maximum absolute atomic E-state index is 9.64. The van der Waals surface area contributed by atoms with Crippen LogP contribution in [0.3, 0.4) is 0 Å². The van der Waals surface area contributed by atoms with E-state index in [0.717, 1.165) is 17.1 Å². The Morgan fingerprint density at radius 3 is 2.33 bits per heavy atom. The summed E-state index contributed by atoms with van der Waals surface area (Å²) in [6.07, 6.45) is -0.411. The second-order valence-electron chi connectivity index (χ2n) is 4.39. The summed E-state index contributed by atoms with van der Waals surface area (Å²) < 4.78 is 0. The summed E-state index contributed by atoms with van der Waals surface area (Å²) in [4.78, 5) is 2.06. The zero-order valence-electron chi connectivity index (χ0n) is 10.5. The first-order valence-electron chi connectivity index (χ1n) is 6.03. The van der Waals surface area contributed by atoms with Gasteiger partial charge < -0.3 is 15.7 Å². The van der Waals surface area contributed by atoms with Crippen molar-refractivity contribution in [3.8, 4) is 0 Å². The number of nitrogens with zero attached hydrogens (tertiary/aromatic N) is 1. The molecular weight excluding hydrogens is 224 g/mol. The molecule has 0 heterocycles. The lowest BCUT2D eigenvalue weighted by molar-refractivity contribution is 0.203. The Kier molecular flexibility index (Phi) is 3.85. The van der Waals surface area contributed by atoms with Gasteiger partial charge in [0, 0.05) is 23.6 Å². The van der Waals surface area contributed by atoms with Gasteiger partial charge in [0.1, 0.15) is 0 Å². The van der Waals surface area contributed by atoms with Gasteiger partial charge in [-0.25, -0.2) is 0 Å². The molecule has 1 unspecified atom stereocenters. The molecule has 2 aromatic rings. The van der Waals surface area contributed by atoms with Crippen LogP contribution in [0.15, 0.2) is 54.6 Å². The Morgan fingerprint density at radius 1 is 1.06 bits per heavy atom. The summed E-state index contributed by atoms with van der Waals surface area (Å²) in [5.74, 6) is 0. The number of aliphatic hydroxyl groups excluding tert-OH is 1. The van der Waals surface area contributed by atoms with Crippen LogP contribution in [-0.2, 0) is 0 Å². The molecule has 0 aliphatic heterocycles. The van der Waals surface area contributed by atoms with Gasteiger partial charge in [0.2, 0.25) is 0 Å². The van der Waals surface area contributed by atoms with Crippen molar-refractivity contribution in [3.63, 3.8) is 0 Å². The van der Waals surface area contributed by atoms with Crippen molar-refractivity contribution in [2.24, 2.45) is 0 Å². The lowest BCUT2D eigenvalue weighted by atomic mass is 10.2. The standard InChI is InChI=1S/C15H18N2O/c1-12(18)11-17(14-7-3-2-4-8-14)15-9-5-6-13(16)10-15/h2-10,12,18H,11,16H2,1H3. The lowest BCUT2D eigenvalue weighted by Crippen LogP contribution is -2.26. The molecule has 0 spiro atoms. The molecule has 0 fully saturated rings. The van der Waals surface area contributed by atoms with Crippen LogP contribution in [0.25, 0.3) is 0 Å². The van der Waals surface area contributed by atoms with E-state index in [-0.39, 0.29) is 0 Å². The molecule has 18 heavy (non-hydrogen) atoms. The maximum atomic E-state index is 9.64. The first kappa shape index (κ1) is 12.5. The van der Waals surface area contributed by atoms with Gasteiger partial charge in [0.05, 0.1) is 6.10 Å². The highest BCUT2D eigenvalue weighted by atomic mass is 16.3. The van der Waals surface area contributed by atoms with Gasteiger partial charge in [-0.15, -0.1) is 0 Å². The Hall–Kier alpha value is -2.00. The van der Waals surface area contributed by atoms with Crippen LogP contribution in [-0.4, -0.2) is 17.8 Å². The average Bonchev–Trinajstić information content (AvgIpc) is 2.37. The SMILES string of the molecule is CC(O)CN(c1ccccc1)c1cccc(N)c1. The predicted octanol–water partition coefficient (Wildman–Crippen LogP) is 2.79. The molecule has 0 saturated heterocycles. The summed E-state index contributed by atoms with van der Waals surface area (Å²) in [6, 6.07) is 17.7. The first-order valence-corrected chi connectivity index (χ1v) is 6.03. The summed E-state index contributed by atoms with van der Waals surface area (Å²) in [5, 5.41) is 9.64. The van der Waals surface area contributed by atoms with Crippen LogP contribution in [0.4, 0.5) is 17.1 Å². The molecule has 3 heteroatoms. The number of hydrogen-bond acceptors (Lipinski definition) is 3. The van der Waals surface area contributed by atoms with E-state index in [4.69, 9.17) is 5.73 Å². The molecule has 2 rings (SSSR count). The second kappa shape index (κ2) is 5.56. The summed E-state index contributed by atoms with van der Waals surface area (Å²) in [6.45, 7) is 2.32. The van der Waals surface area contributed by atoms with E-state index >= 15 is 0 Å². The Labute approximate surface area is 107 Å². The van der Waals surface area contributed by atoms with Crippen molar-refractivity contribution in [2.75, 3.05) is 17.2 Å². The van der Waals surface area contributed by atoms with Crippen LogP contribution < -0.4 is 10.6 Å². The third kappa shape index (κ3) is 3.02. The van der Waals surface area contributed by atoms with Crippen LogP contribution in [0.1, 0.15) is 6.92 Å². The Balaban J connectivity index is 2.37. The van der Waals surface area contributed by atoms with Gasteiger partial charge in [-0.3, -0.25) is 0 Å². The molecule has 0 saturated carbocycles. The van der Waals surface area contributed by atoms with E-state index in [1.807, 2.05) is 54.6 Å². The maximum Gasteiger partial charge on any atom is 0.0691 e. The van der Waals surface area contributed by atoms with Crippen LogP contribution in [0.2, 0.25) is 0 Å². The van der Waals surface area contributed by atoms with E-state index in [1.54, 1.807) is 6.92 Å². The largest absolute Gasteiger partial charge is 0.399 e. The average molecular weight is 242 g/mol. The van der Waals surface area contributed by atoms with Crippen LogP contribution in [0.5, 0.6) is 0 Å². The number of nitrogen functional groups attached to an aromatic ring is 1. The van der Waals surface area contributed by atoms with Crippen molar-refractivity contribution in [3.05, 3.63) is 54.6 Å². The molecule has 3 nitrogen and oxygen atoms in total. The van der Waals surface area contributed by atoms with Gasteiger partial charge in [-0.05, 0) is 37.3 Å². The van der Waals surface area contributed by atoms with Crippen molar-refractivity contribution in [2.45, 2.75) is 13.0 Å². The monoisotopic (exact) mass is 242 g/mol. The number of aliphatic hydroxyl groups is 1. The fourth-order valence-corrected chi connectivity index (χ4v) is 1.92. The molecule has 0 bridgehead atoms. The predicted molar refractivity (Wildman–Crippen MR) is 76.0 cm³/mol. The zero-order chi connectivity index (χ0) is 13.0. The molecule has 3 N–H and O–H groups in total. The Morgan fingerprint density at radius 2 is 1.72 bits per heavy atom. The first-order chi connectivity index (χ1) is 8.66. The fraction of sp³-hybridized carbons (Fsp3) is 0.200. The molecular formula is C15H18N2O. The van der Waals surface area contributed by atoms with Gasteiger partial charge in [-0.1, -0.05) is 24.3 Å². The van der Waals surface area contributed by atoms with Crippen molar-refractivity contribution < 1.29 is 5.11 Å². The van der Waals surface area contributed by atoms with E-state index in [9.17, 15) is 5.11 Å². The molecule has 1 atom stereocenters. The highest BCUT2D eigenvalue weighted by molar-refractivity contribution is 5.66. The number of nitrogens with two attached hydrogens (primary N) is 1. The van der Waals surface area contributed by atoms with Gasteiger partial charge in [-0.2, -0.15) is 0 Å². The van der Waals surface area contributed by atoms with E-state index in [1.165, 1.54) is 0 Å². The molecule has 0 aliphatic carbocycles. The quantitative estimate of drug-likeness (QED) is 0.810. The topological polar surface area (TPSA) is 49.5 Å². The molecule has 0 radical (unpaired) electrons. The van der Waals surface area contributed by atoms with Gasteiger partial charge in [0.15, 0.2) is 0 Å². The number of benzene rings is 2. The zero-order valence-corrected chi connectivity index (χ0v) is 10.5. The van der Waals surface area contributed by atoms with Crippen molar-refractivity contribution >= 4 is 17.1 Å². The van der Waals surface area contributed by atoms with Crippen LogP contribution >= 0.6 is 0 Å². The minimum Gasteiger partial charge on any atom is -0.399 e. The minimum absolute atomic E-state index is 0.411. The second-order valence-corrected chi connectivity index (χ2v) is 4.39. The smallest absolute Gasteiger partial charge is 0.0691 e. The number of para-hydroxylation sites is 1. The lowest BCUT2D eigenvalue weighted by Gasteiger charge is -2.26. The van der Waals surface area contributed by atoms with Crippen molar-refractivity contribution in [1.82, 2.24) is 0 Å². The number of rotatable bonds is 4. The molecule has 0 aliphatic rings. The van der Waals surface area contributed by atoms with Gasteiger partial charge in [0.25, 0.3) is 0 Å². The van der Waals surface area contributed by atoms with Crippen LogP contribution in [0, 0.1) is 0 Å². The normalized spacial score (nSPS) is 12.1. The summed E-state index contributed by atoms with van der Waals surface area (Å²) in [5.41, 5.74) is 8.57. The van der Waals surface area contributed by atoms with E-state index in [0.29, 0.717) is 6.54 Å². The molecule has 2 aromatic carbocycles. The highest BCUT2D eigenvalue weighted by Crippen LogP contribution is 2.26. The molecule has 94 valence electrons. The fourth-order valence-electron chi connectivity index (χ4n) is 1.92. The third-order valence-corrected chi connectivity index (χ3v) is 2.70. The number of hydrogen-bond donors (Lipinski definition) is 2. The van der Waals surface area contributed by atoms with E-state index < -0.39 is 6.10 Å². The van der Waals surface area contributed by atoms with E-state index in [2.05, 4.69) is 4.90 Å². The molecule has 0 amide bonds. The van der Waals surface area contributed by atoms with Crippen molar-refractivity contribution in [1.29, 1.82) is 0 Å². The Bertz CT molecular complexity index is 497. The molecule has 0 aromatic heterocycles. The summed E-state index contributed by atoms with van der Waals surface area (Å²) in [7, 11) is 0. The highest BCUT2D eigenvalue weighted by Gasteiger charge is 2.11. The van der Waals surface area contributed by atoms with Gasteiger partial charge >= 0.3 is 0 Å². The number of anilines is 3.